The number of nitrogens with one attached hydrogen (secondary N) is 2. The molecular formula is C38H47ClFN7O2. The van der Waals surface area contributed by atoms with E-state index in [1.54, 1.807) is 18.3 Å². The molecule has 7 rings (SSSR count). The molecule has 9 nitrogen and oxygen atoms in total. The quantitative estimate of drug-likeness (QED) is 0.251. The number of anilines is 4. The number of hydrogen-bond acceptors (Lipinski definition) is 8. The molecule has 2 saturated heterocycles. The van der Waals surface area contributed by atoms with Crippen molar-refractivity contribution in [2.24, 2.45) is 5.41 Å². The van der Waals surface area contributed by atoms with Crippen molar-refractivity contribution in [1.29, 1.82) is 0 Å². The number of amides is 1. The van der Waals surface area contributed by atoms with E-state index in [0.29, 0.717) is 34.7 Å². The van der Waals surface area contributed by atoms with E-state index >= 15 is 0 Å². The number of likely N-dealkylation sites (tertiary alicyclic amines) is 1. The first-order valence-corrected chi connectivity index (χ1v) is 18.0. The Morgan fingerprint density at radius 3 is 2.51 bits per heavy atom. The van der Waals surface area contributed by atoms with Crippen LogP contribution in [0.3, 0.4) is 0 Å². The van der Waals surface area contributed by atoms with Gasteiger partial charge in [-0.15, -0.1) is 0 Å². The lowest BCUT2D eigenvalue weighted by atomic mass is 9.71. The highest BCUT2D eigenvalue weighted by molar-refractivity contribution is 6.33. The first-order chi connectivity index (χ1) is 23.6. The Hall–Kier alpha value is -3.73. The normalized spacial score (nSPS) is 23.7. The lowest BCUT2D eigenvalue weighted by Gasteiger charge is -2.55. The zero-order chi connectivity index (χ0) is 34.4. The molecule has 4 heterocycles. The Balaban J connectivity index is 1.16. The first kappa shape index (κ1) is 33.8. The average molecular weight is 688 g/mol. The van der Waals surface area contributed by atoms with Gasteiger partial charge in [-0.05, 0) is 108 Å². The molecule has 1 aliphatic carbocycles. The van der Waals surface area contributed by atoms with Crippen LogP contribution in [0.5, 0.6) is 0 Å². The number of halogens is 2. The zero-order valence-corrected chi connectivity index (χ0v) is 29.7. The van der Waals surface area contributed by atoms with Gasteiger partial charge in [0.25, 0.3) is 0 Å². The molecule has 260 valence electrons. The van der Waals surface area contributed by atoms with Crippen LogP contribution in [0, 0.1) is 18.2 Å². The highest BCUT2D eigenvalue weighted by Crippen LogP contribution is 2.46. The van der Waals surface area contributed by atoms with Gasteiger partial charge in [-0.2, -0.15) is 4.98 Å². The van der Waals surface area contributed by atoms with Crippen molar-refractivity contribution in [3.63, 3.8) is 0 Å². The van der Waals surface area contributed by atoms with Gasteiger partial charge in [0.05, 0.1) is 5.02 Å². The molecule has 1 atom stereocenters. The highest BCUT2D eigenvalue weighted by Gasteiger charge is 2.45. The number of aliphatic hydroxyl groups excluding tert-OH is 1. The third kappa shape index (κ3) is 6.51. The summed E-state index contributed by atoms with van der Waals surface area (Å²) in [6, 6.07) is 11.1. The zero-order valence-electron chi connectivity index (χ0n) is 28.9. The Morgan fingerprint density at radius 1 is 1.08 bits per heavy atom. The second-order valence-corrected chi connectivity index (χ2v) is 14.9. The van der Waals surface area contributed by atoms with Crippen molar-refractivity contribution in [2.45, 2.75) is 84.0 Å². The van der Waals surface area contributed by atoms with Crippen LogP contribution in [0.25, 0.3) is 11.1 Å². The minimum Gasteiger partial charge on any atom is -0.370 e. The van der Waals surface area contributed by atoms with E-state index in [0.717, 1.165) is 55.6 Å². The average Bonchev–Trinajstić information content (AvgIpc) is 3.07. The van der Waals surface area contributed by atoms with Gasteiger partial charge in [-0.25, -0.2) is 9.37 Å². The number of benzene rings is 2. The van der Waals surface area contributed by atoms with Crippen LogP contribution in [0.4, 0.5) is 27.5 Å². The molecular weight excluding hydrogens is 641 g/mol. The molecule has 1 saturated carbocycles. The van der Waals surface area contributed by atoms with Gasteiger partial charge in [0.15, 0.2) is 6.23 Å². The largest absolute Gasteiger partial charge is 0.370 e. The summed E-state index contributed by atoms with van der Waals surface area (Å²) >= 11 is 6.49. The van der Waals surface area contributed by atoms with E-state index in [2.05, 4.69) is 52.6 Å². The Bertz CT molecular complexity index is 1760. The SMILES string of the molecule is CCC(=O)NC1CCC(N2c3nc(Nc4ccc(N5CC6(CCN(C)CC6)C5)c(C)c4)ncc3C(C)=C(c3cccc(F)c3Cl)C2O)CC1. The Labute approximate surface area is 293 Å². The lowest BCUT2D eigenvalue weighted by molar-refractivity contribution is -0.121. The summed E-state index contributed by atoms with van der Waals surface area (Å²) in [5.74, 6) is 0.563. The molecule has 0 radical (unpaired) electrons. The number of aliphatic hydroxyl groups is 1. The minimum atomic E-state index is -1.10. The molecule has 1 unspecified atom stereocenters. The van der Waals surface area contributed by atoms with Crippen molar-refractivity contribution in [1.82, 2.24) is 20.2 Å². The van der Waals surface area contributed by atoms with E-state index in [-0.39, 0.29) is 23.0 Å². The molecule has 11 heteroatoms. The molecule has 1 amide bonds. The molecule has 3 aromatic rings. The van der Waals surface area contributed by atoms with Crippen LogP contribution < -0.4 is 20.4 Å². The predicted octanol–water partition coefficient (Wildman–Crippen LogP) is 6.76. The molecule has 3 fully saturated rings. The highest BCUT2D eigenvalue weighted by atomic mass is 35.5. The van der Waals surface area contributed by atoms with Crippen LogP contribution in [-0.4, -0.2) is 77.4 Å². The van der Waals surface area contributed by atoms with Crippen molar-refractivity contribution in [2.75, 3.05) is 48.3 Å². The number of allylic oxidation sites excluding steroid dienone is 1. The van der Waals surface area contributed by atoms with E-state index in [1.165, 1.54) is 43.2 Å². The molecule has 3 N–H and O–H groups in total. The van der Waals surface area contributed by atoms with Crippen molar-refractivity contribution >= 4 is 51.8 Å². The molecule has 0 bridgehead atoms. The summed E-state index contributed by atoms with van der Waals surface area (Å²) in [6.07, 6.45) is 6.72. The number of carbonyl (C=O) groups is 1. The second-order valence-electron chi connectivity index (χ2n) is 14.6. The molecule has 49 heavy (non-hydrogen) atoms. The monoisotopic (exact) mass is 687 g/mol. The topological polar surface area (TPSA) is 96.9 Å². The lowest BCUT2D eigenvalue weighted by Crippen LogP contribution is -2.60. The summed E-state index contributed by atoms with van der Waals surface area (Å²) in [4.78, 5) is 28.7. The fraction of sp³-hybridized carbons (Fsp3) is 0.500. The Morgan fingerprint density at radius 2 is 1.82 bits per heavy atom. The van der Waals surface area contributed by atoms with Gasteiger partial charge < -0.3 is 30.4 Å². The van der Waals surface area contributed by atoms with Gasteiger partial charge >= 0.3 is 0 Å². The molecule has 1 spiro atoms. The summed E-state index contributed by atoms with van der Waals surface area (Å²) in [5, 5.41) is 18.6. The third-order valence-corrected chi connectivity index (χ3v) is 11.6. The van der Waals surface area contributed by atoms with Gasteiger partial charge in [-0.3, -0.25) is 4.79 Å². The Kier molecular flexibility index (Phi) is 9.32. The van der Waals surface area contributed by atoms with E-state index < -0.39 is 12.0 Å². The van der Waals surface area contributed by atoms with Crippen LogP contribution in [0.2, 0.25) is 5.02 Å². The van der Waals surface area contributed by atoms with Crippen molar-refractivity contribution in [3.05, 3.63) is 70.1 Å². The third-order valence-electron chi connectivity index (χ3n) is 11.3. The number of fused-ring (bicyclic) bond motifs is 1. The molecule has 4 aliphatic rings. The van der Waals surface area contributed by atoms with Crippen LogP contribution in [0.1, 0.15) is 75.5 Å². The van der Waals surface area contributed by atoms with Gasteiger partial charge in [-0.1, -0.05) is 30.7 Å². The standard InChI is InChI=1S/C38H47ClFN7O2/c1-5-32(48)42-25-9-12-27(13-10-25)47-35-29(24(3)33(36(47)49)28-7-6-8-30(40)34(28)39)20-41-37(44-35)43-26-11-14-31(23(2)19-26)46-21-38(22-46)15-17-45(4)18-16-38/h6-8,11,14,19-20,25,27,36,49H,5,9-10,12-13,15-18,21-22H2,1-4H3,(H,42,48)(H,41,43,44). The fourth-order valence-corrected chi connectivity index (χ4v) is 8.53. The minimum absolute atomic E-state index is 0.0250. The number of rotatable bonds is 7. The number of hydrogen-bond donors (Lipinski definition) is 3. The van der Waals surface area contributed by atoms with Crippen molar-refractivity contribution in [3.8, 4) is 0 Å². The first-order valence-electron chi connectivity index (χ1n) is 17.7. The number of carbonyl (C=O) groups excluding carboxylic acids is 1. The summed E-state index contributed by atoms with van der Waals surface area (Å²) < 4.78 is 14.7. The number of nitrogens with zero attached hydrogens (tertiary/aromatic N) is 5. The van der Waals surface area contributed by atoms with E-state index in [9.17, 15) is 14.3 Å². The summed E-state index contributed by atoms with van der Waals surface area (Å²) in [7, 11) is 2.21. The smallest absolute Gasteiger partial charge is 0.229 e. The second kappa shape index (κ2) is 13.5. The molecule has 2 aromatic carbocycles. The summed E-state index contributed by atoms with van der Waals surface area (Å²) in [6.45, 7) is 10.5. The van der Waals surface area contributed by atoms with Gasteiger partial charge in [0.2, 0.25) is 11.9 Å². The van der Waals surface area contributed by atoms with Gasteiger partial charge in [0.1, 0.15) is 11.6 Å². The number of piperidine rings is 1. The van der Waals surface area contributed by atoms with E-state index in [1.807, 2.05) is 18.7 Å². The van der Waals surface area contributed by atoms with E-state index in [4.69, 9.17) is 21.6 Å². The molecule has 3 aliphatic heterocycles. The predicted molar refractivity (Wildman–Crippen MR) is 195 cm³/mol. The maximum Gasteiger partial charge on any atom is 0.229 e. The van der Waals surface area contributed by atoms with Crippen LogP contribution >= 0.6 is 11.6 Å². The maximum absolute atomic E-state index is 14.7. The van der Waals surface area contributed by atoms with Gasteiger partial charge in [0, 0.05) is 71.3 Å². The summed E-state index contributed by atoms with van der Waals surface area (Å²) in [5.41, 5.74) is 6.33. The van der Waals surface area contributed by atoms with Crippen LogP contribution in [0.15, 0.2) is 42.6 Å². The fourth-order valence-electron chi connectivity index (χ4n) is 8.30. The number of aromatic nitrogens is 2. The number of aryl methyl sites for hydroxylation is 1. The van der Waals surface area contributed by atoms with Crippen molar-refractivity contribution < 1.29 is 14.3 Å². The van der Waals surface area contributed by atoms with Crippen LogP contribution in [-0.2, 0) is 4.79 Å². The molecule has 1 aromatic heterocycles. The maximum atomic E-state index is 14.7.